The number of benzene rings is 1. The minimum Gasteiger partial charge on any atom is -0.474 e. The zero-order valence-electron chi connectivity index (χ0n) is 7.90. The molecule has 0 bridgehead atoms. The van der Waals surface area contributed by atoms with Crippen molar-refractivity contribution in [3.05, 3.63) is 29.8 Å². The molecular weight excluding hydrogens is 260 g/mol. The summed E-state index contributed by atoms with van der Waals surface area (Å²) in [6.07, 6.45) is -0.654. The SMILES string of the molecule is O=C(CBr)C1Oc2ccccc2CC1=O. The molecule has 1 aliphatic heterocycles. The lowest BCUT2D eigenvalue weighted by atomic mass is 9.99. The van der Waals surface area contributed by atoms with E-state index < -0.39 is 6.10 Å². The average molecular weight is 269 g/mol. The highest BCUT2D eigenvalue weighted by atomic mass is 79.9. The predicted molar refractivity (Wildman–Crippen MR) is 58.4 cm³/mol. The number of rotatable bonds is 2. The molecule has 2 rings (SSSR count). The molecule has 0 saturated carbocycles. The summed E-state index contributed by atoms with van der Waals surface area (Å²) in [5.74, 6) is 0.240. The molecule has 0 amide bonds. The van der Waals surface area contributed by atoms with Crippen molar-refractivity contribution >= 4 is 27.5 Å². The summed E-state index contributed by atoms with van der Waals surface area (Å²) in [7, 11) is 0. The summed E-state index contributed by atoms with van der Waals surface area (Å²) in [4.78, 5) is 23.0. The van der Waals surface area contributed by atoms with Gasteiger partial charge >= 0.3 is 0 Å². The number of para-hydroxylation sites is 1. The van der Waals surface area contributed by atoms with Gasteiger partial charge in [-0.25, -0.2) is 0 Å². The number of hydrogen-bond acceptors (Lipinski definition) is 3. The molecule has 78 valence electrons. The van der Waals surface area contributed by atoms with Gasteiger partial charge in [0.2, 0.25) is 6.10 Å². The van der Waals surface area contributed by atoms with E-state index in [0.29, 0.717) is 5.75 Å². The van der Waals surface area contributed by atoms with Crippen LogP contribution in [0, 0.1) is 0 Å². The largest absolute Gasteiger partial charge is 0.474 e. The van der Waals surface area contributed by atoms with Gasteiger partial charge in [0.05, 0.1) is 5.33 Å². The van der Waals surface area contributed by atoms with Crippen molar-refractivity contribution in [2.24, 2.45) is 0 Å². The number of carbonyl (C=O) groups is 2. The van der Waals surface area contributed by atoms with Gasteiger partial charge in [-0.1, -0.05) is 34.1 Å². The van der Waals surface area contributed by atoms with Crippen LogP contribution in [0.4, 0.5) is 0 Å². The lowest BCUT2D eigenvalue weighted by molar-refractivity contribution is -0.135. The lowest BCUT2D eigenvalue weighted by Gasteiger charge is -2.23. The summed E-state index contributed by atoms with van der Waals surface area (Å²) >= 11 is 3.04. The molecule has 1 unspecified atom stereocenters. The first kappa shape index (κ1) is 10.4. The lowest BCUT2D eigenvalue weighted by Crippen LogP contribution is -2.40. The quantitative estimate of drug-likeness (QED) is 0.604. The van der Waals surface area contributed by atoms with Crippen LogP contribution in [0.1, 0.15) is 5.56 Å². The summed E-state index contributed by atoms with van der Waals surface area (Å²) in [5.41, 5.74) is 0.848. The van der Waals surface area contributed by atoms with Crippen LogP contribution >= 0.6 is 15.9 Å². The van der Waals surface area contributed by atoms with Gasteiger partial charge in [0.1, 0.15) is 5.75 Å². The van der Waals surface area contributed by atoms with Crippen LogP contribution in [0.25, 0.3) is 0 Å². The van der Waals surface area contributed by atoms with Crippen LogP contribution in [0.3, 0.4) is 0 Å². The van der Waals surface area contributed by atoms with Crippen molar-refractivity contribution in [1.29, 1.82) is 0 Å². The van der Waals surface area contributed by atoms with Crippen molar-refractivity contribution in [3.8, 4) is 5.75 Å². The van der Waals surface area contributed by atoms with Crippen molar-refractivity contribution < 1.29 is 14.3 Å². The Morgan fingerprint density at radius 1 is 1.47 bits per heavy atom. The minimum absolute atomic E-state index is 0.144. The maximum atomic E-state index is 11.6. The summed E-state index contributed by atoms with van der Waals surface area (Å²) < 4.78 is 5.37. The first-order chi connectivity index (χ1) is 7.22. The van der Waals surface area contributed by atoms with E-state index in [-0.39, 0.29) is 23.3 Å². The van der Waals surface area contributed by atoms with E-state index >= 15 is 0 Å². The zero-order valence-corrected chi connectivity index (χ0v) is 9.49. The fraction of sp³-hybridized carbons (Fsp3) is 0.273. The number of alkyl halides is 1. The third kappa shape index (κ3) is 1.95. The van der Waals surface area contributed by atoms with E-state index in [2.05, 4.69) is 15.9 Å². The van der Waals surface area contributed by atoms with Crippen LogP contribution in [0.5, 0.6) is 5.75 Å². The number of halogens is 1. The third-order valence-electron chi connectivity index (χ3n) is 2.30. The second-order valence-corrected chi connectivity index (χ2v) is 3.91. The van der Waals surface area contributed by atoms with E-state index in [1.807, 2.05) is 18.2 Å². The first-order valence-corrected chi connectivity index (χ1v) is 5.70. The molecule has 0 saturated heterocycles. The molecule has 0 fully saturated rings. The molecule has 1 aliphatic rings. The Morgan fingerprint density at radius 3 is 2.93 bits per heavy atom. The second-order valence-electron chi connectivity index (χ2n) is 3.35. The second kappa shape index (κ2) is 4.14. The van der Waals surface area contributed by atoms with Gasteiger partial charge in [-0.2, -0.15) is 0 Å². The van der Waals surface area contributed by atoms with E-state index in [0.717, 1.165) is 5.56 Å². The van der Waals surface area contributed by atoms with Crippen LogP contribution in [-0.2, 0) is 16.0 Å². The van der Waals surface area contributed by atoms with Gasteiger partial charge < -0.3 is 4.74 Å². The first-order valence-electron chi connectivity index (χ1n) is 4.58. The number of Topliss-reactive ketones (excluding diaryl/α,β-unsaturated/α-hetero) is 2. The molecule has 3 nitrogen and oxygen atoms in total. The number of ether oxygens (including phenoxy) is 1. The maximum Gasteiger partial charge on any atom is 0.215 e. The van der Waals surface area contributed by atoms with Crippen molar-refractivity contribution in [1.82, 2.24) is 0 Å². The number of carbonyl (C=O) groups excluding carboxylic acids is 2. The fourth-order valence-electron chi connectivity index (χ4n) is 1.55. The summed E-state index contributed by atoms with van der Waals surface area (Å²) in [6, 6.07) is 7.28. The Bertz CT molecular complexity index is 414. The molecule has 15 heavy (non-hydrogen) atoms. The number of ketones is 2. The summed E-state index contributed by atoms with van der Waals surface area (Å²) in [5, 5.41) is 0.144. The van der Waals surface area contributed by atoms with Crippen LogP contribution in [0.2, 0.25) is 0 Å². The van der Waals surface area contributed by atoms with E-state index in [1.165, 1.54) is 0 Å². The Balaban J connectivity index is 2.29. The fourth-order valence-corrected chi connectivity index (χ4v) is 1.85. The summed E-state index contributed by atoms with van der Waals surface area (Å²) in [6.45, 7) is 0. The molecule has 4 heteroatoms. The molecule has 1 aromatic carbocycles. The van der Waals surface area contributed by atoms with Crippen LogP contribution in [-0.4, -0.2) is 23.0 Å². The Morgan fingerprint density at radius 2 is 2.20 bits per heavy atom. The van der Waals surface area contributed by atoms with Gasteiger partial charge in [0.25, 0.3) is 0 Å². The highest BCUT2D eigenvalue weighted by Gasteiger charge is 2.32. The molecule has 0 radical (unpaired) electrons. The number of hydrogen-bond donors (Lipinski definition) is 0. The van der Waals surface area contributed by atoms with Crippen molar-refractivity contribution in [3.63, 3.8) is 0 Å². The molecule has 1 aromatic rings. The Labute approximate surface area is 95.6 Å². The smallest absolute Gasteiger partial charge is 0.215 e. The van der Waals surface area contributed by atoms with Crippen LogP contribution in [0.15, 0.2) is 24.3 Å². The Hall–Kier alpha value is -1.16. The molecule has 0 N–H and O–H groups in total. The highest BCUT2D eigenvalue weighted by molar-refractivity contribution is 9.09. The van der Waals surface area contributed by atoms with Gasteiger partial charge in [-0.15, -0.1) is 0 Å². The minimum atomic E-state index is -0.931. The molecule has 0 aliphatic carbocycles. The van der Waals surface area contributed by atoms with E-state index in [9.17, 15) is 9.59 Å². The van der Waals surface area contributed by atoms with Crippen molar-refractivity contribution in [2.45, 2.75) is 12.5 Å². The Kier molecular flexibility index (Phi) is 2.86. The van der Waals surface area contributed by atoms with E-state index in [4.69, 9.17) is 4.74 Å². The van der Waals surface area contributed by atoms with Gasteiger partial charge in [-0.05, 0) is 6.07 Å². The maximum absolute atomic E-state index is 11.6. The topological polar surface area (TPSA) is 43.4 Å². The van der Waals surface area contributed by atoms with Crippen molar-refractivity contribution in [2.75, 3.05) is 5.33 Å². The van der Waals surface area contributed by atoms with Gasteiger partial charge in [0, 0.05) is 12.0 Å². The van der Waals surface area contributed by atoms with Gasteiger partial charge in [-0.3, -0.25) is 9.59 Å². The molecule has 1 atom stereocenters. The predicted octanol–water partition coefficient (Wildman–Crippen LogP) is 1.52. The molecule has 0 spiro atoms. The normalized spacial score (nSPS) is 19.3. The average Bonchev–Trinajstić information content (AvgIpc) is 2.27. The van der Waals surface area contributed by atoms with Crippen LogP contribution < -0.4 is 4.74 Å². The molecular formula is C11H9BrO3. The standard InChI is InChI=1S/C11H9BrO3/c12-6-9(14)11-8(13)5-7-3-1-2-4-10(7)15-11/h1-4,11H,5-6H2. The third-order valence-corrected chi connectivity index (χ3v) is 2.85. The molecule has 0 aromatic heterocycles. The highest BCUT2D eigenvalue weighted by Crippen LogP contribution is 2.25. The zero-order chi connectivity index (χ0) is 10.8. The monoisotopic (exact) mass is 268 g/mol. The molecule has 1 heterocycles. The van der Waals surface area contributed by atoms with E-state index in [1.54, 1.807) is 6.07 Å². The van der Waals surface area contributed by atoms with Gasteiger partial charge in [0.15, 0.2) is 11.6 Å². The number of fused-ring (bicyclic) bond motifs is 1.